The van der Waals surface area contributed by atoms with E-state index in [1.165, 1.54) is 17.1 Å². The summed E-state index contributed by atoms with van der Waals surface area (Å²) >= 11 is 0. The largest absolute Gasteiger partial charge is 0.324 e. The Balaban J connectivity index is 1.88. The first kappa shape index (κ1) is 18.8. The van der Waals surface area contributed by atoms with Gasteiger partial charge in [0.15, 0.2) is 5.65 Å². The van der Waals surface area contributed by atoms with Crippen LogP contribution in [0.4, 0.5) is 5.69 Å². The van der Waals surface area contributed by atoms with E-state index in [9.17, 15) is 9.59 Å². The average Bonchev–Trinajstić information content (AvgIpc) is 2.98. The number of benzene rings is 1. The highest BCUT2D eigenvalue weighted by Gasteiger charge is 2.20. The monoisotopic (exact) mass is 367 g/mol. The average molecular weight is 367 g/mol. The molecule has 2 heterocycles. The summed E-state index contributed by atoms with van der Waals surface area (Å²) in [6.45, 7) is 11.8. The molecular weight excluding hydrogens is 342 g/mol. The molecule has 0 aliphatic carbocycles. The lowest BCUT2D eigenvalue weighted by Crippen LogP contribution is -2.29. The molecule has 1 aromatic carbocycles. The van der Waals surface area contributed by atoms with Crippen molar-refractivity contribution in [2.45, 2.75) is 53.6 Å². The van der Waals surface area contributed by atoms with E-state index < -0.39 is 0 Å². The van der Waals surface area contributed by atoms with E-state index in [1.807, 2.05) is 53.7 Å². The molecule has 0 radical (unpaired) electrons. The molecule has 27 heavy (non-hydrogen) atoms. The van der Waals surface area contributed by atoms with Crippen molar-refractivity contribution in [1.29, 1.82) is 0 Å². The van der Waals surface area contributed by atoms with Crippen molar-refractivity contribution in [2.24, 2.45) is 0 Å². The zero-order valence-electron chi connectivity index (χ0n) is 16.6. The number of hydrogen-bond acceptors (Lipinski definition) is 4. The molecule has 7 nitrogen and oxygen atoms in total. The van der Waals surface area contributed by atoms with Crippen LogP contribution in [0.5, 0.6) is 0 Å². The minimum Gasteiger partial charge on any atom is -0.324 e. The zero-order chi connectivity index (χ0) is 19.9. The van der Waals surface area contributed by atoms with Crippen LogP contribution in [0.15, 0.2) is 29.5 Å². The van der Waals surface area contributed by atoms with Crippen LogP contribution < -0.4 is 10.9 Å². The second-order valence-corrected chi connectivity index (χ2v) is 7.96. The highest BCUT2D eigenvalue weighted by Crippen LogP contribution is 2.22. The van der Waals surface area contributed by atoms with Crippen LogP contribution in [0.1, 0.15) is 37.5 Å². The van der Waals surface area contributed by atoms with Crippen LogP contribution in [-0.2, 0) is 16.9 Å². The van der Waals surface area contributed by atoms with E-state index in [0.717, 1.165) is 22.4 Å². The molecule has 0 saturated carbocycles. The molecule has 0 fully saturated rings. The minimum absolute atomic E-state index is 0.102. The minimum atomic E-state index is -0.286. The number of carbonyl (C=O) groups excluding carboxylic acids is 1. The van der Waals surface area contributed by atoms with E-state index in [0.29, 0.717) is 11.0 Å². The number of carbonyl (C=O) groups is 1. The summed E-state index contributed by atoms with van der Waals surface area (Å²) in [5, 5.41) is 7.60. The molecule has 1 amide bonds. The summed E-state index contributed by atoms with van der Waals surface area (Å²) in [5.74, 6) is -0.267. The van der Waals surface area contributed by atoms with Crippen LogP contribution in [0.3, 0.4) is 0 Å². The van der Waals surface area contributed by atoms with E-state index in [4.69, 9.17) is 0 Å². The molecule has 0 atom stereocenters. The fourth-order valence-corrected chi connectivity index (χ4v) is 3.26. The number of anilines is 1. The molecule has 2 aromatic heterocycles. The van der Waals surface area contributed by atoms with Gasteiger partial charge >= 0.3 is 0 Å². The van der Waals surface area contributed by atoms with Gasteiger partial charge in [-0.25, -0.2) is 9.67 Å². The molecule has 3 aromatic rings. The molecule has 0 unspecified atom stereocenters. The fraction of sp³-hybridized carbons (Fsp3) is 0.400. The number of aryl methyl sites for hydroxylation is 3. The van der Waals surface area contributed by atoms with Crippen molar-refractivity contribution in [3.63, 3.8) is 0 Å². The number of nitrogens with one attached hydrogen (secondary N) is 1. The van der Waals surface area contributed by atoms with Gasteiger partial charge in [-0.15, -0.1) is 0 Å². The molecule has 0 aliphatic heterocycles. The second kappa shape index (κ2) is 6.64. The van der Waals surface area contributed by atoms with Gasteiger partial charge in [-0.1, -0.05) is 17.7 Å². The summed E-state index contributed by atoms with van der Waals surface area (Å²) in [6, 6.07) is 4.03. The summed E-state index contributed by atoms with van der Waals surface area (Å²) < 4.78 is 3.03. The third kappa shape index (κ3) is 3.63. The Morgan fingerprint density at radius 2 is 1.78 bits per heavy atom. The molecule has 0 aliphatic rings. The molecule has 3 rings (SSSR count). The third-order valence-corrected chi connectivity index (χ3v) is 4.45. The van der Waals surface area contributed by atoms with Crippen LogP contribution >= 0.6 is 0 Å². The number of amides is 1. The summed E-state index contributed by atoms with van der Waals surface area (Å²) in [7, 11) is 0. The van der Waals surface area contributed by atoms with E-state index in [2.05, 4.69) is 15.4 Å². The lowest BCUT2D eigenvalue weighted by molar-refractivity contribution is -0.116. The Labute approximate surface area is 158 Å². The van der Waals surface area contributed by atoms with Gasteiger partial charge < -0.3 is 5.32 Å². The third-order valence-electron chi connectivity index (χ3n) is 4.45. The molecule has 0 bridgehead atoms. The Hall–Kier alpha value is -2.96. The van der Waals surface area contributed by atoms with Crippen molar-refractivity contribution >= 4 is 22.6 Å². The molecule has 0 saturated heterocycles. The molecule has 7 heteroatoms. The van der Waals surface area contributed by atoms with E-state index in [1.54, 1.807) is 4.68 Å². The zero-order valence-corrected chi connectivity index (χ0v) is 16.6. The first-order valence-electron chi connectivity index (χ1n) is 8.89. The first-order valence-corrected chi connectivity index (χ1v) is 8.89. The maximum Gasteiger partial charge on any atom is 0.264 e. The highest BCUT2D eigenvalue weighted by molar-refractivity contribution is 5.92. The van der Waals surface area contributed by atoms with Crippen molar-refractivity contribution in [3.05, 3.63) is 51.7 Å². The number of aromatic nitrogens is 4. The van der Waals surface area contributed by atoms with Gasteiger partial charge in [-0.2, -0.15) is 5.10 Å². The standard InChI is InChI=1S/C20H25N5O2/c1-12-7-13(2)17(14(3)8-12)23-16(26)10-24-11-21-18-15(19(24)27)9-22-25(18)20(4,5)6/h7-9,11H,10H2,1-6H3,(H,23,26). The van der Waals surface area contributed by atoms with Crippen LogP contribution in [-0.4, -0.2) is 25.2 Å². The van der Waals surface area contributed by atoms with Gasteiger partial charge in [-0.3, -0.25) is 14.2 Å². The smallest absolute Gasteiger partial charge is 0.264 e. The fourth-order valence-electron chi connectivity index (χ4n) is 3.26. The second-order valence-electron chi connectivity index (χ2n) is 7.96. The SMILES string of the molecule is Cc1cc(C)c(NC(=O)Cn2cnc3c(cnn3C(C)(C)C)c2=O)c(C)c1. The molecular formula is C20H25N5O2. The Morgan fingerprint density at radius 3 is 2.37 bits per heavy atom. The van der Waals surface area contributed by atoms with Crippen molar-refractivity contribution in [1.82, 2.24) is 19.3 Å². The van der Waals surface area contributed by atoms with Crippen molar-refractivity contribution in [2.75, 3.05) is 5.32 Å². The van der Waals surface area contributed by atoms with Gasteiger partial charge in [0.05, 0.1) is 11.7 Å². The van der Waals surface area contributed by atoms with Gasteiger partial charge in [0, 0.05) is 5.69 Å². The molecule has 142 valence electrons. The van der Waals surface area contributed by atoms with Gasteiger partial charge in [0.2, 0.25) is 5.91 Å². The first-order chi connectivity index (χ1) is 12.6. The number of nitrogens with zero attached hydrogens (tertiary/aromatic N) is 4. The summed E-state index contributed by atoms with van der Waals surface area (Å²) in [6.07, 6.45) is 2.92. The van der Waals surface area contributed by atoms with Crippen molar-refractivity contribution in [3.8, 4) is 0 Å². The maximum absolute atomic E-state index is 12.7. The lowest BCUT2D eigenvalue weighted by atomic mass is 10.1. The van der Waals surface area contributed by atoms with Crippen molar-refractivity contribution < 1.29 is 4.79 Å². The lowest BCUT2D eigenvalue weighted by Gasteiger charge is -2.19. The Morgan fingerprint density at radius 1 is 1.15 bits per heavy atom. The quantitative estimate of drug-likeness (QED) is 0.772. The highest BCUT2D eigenvalue weighted by atomic mass is 16.2. The summed E-state index contributed by atoms with van der Waals surface area (Å²) in [5.41, 5.74) is 3.88. The van der Waals surface area contributed by atoms with Crippen LogP contribution in [0, 0.1) is 20.8 Å². The van der Waals surface area contributed by atoms with Crippen LogP contribution in [0.25, 0.3) is 11.0 Å². The van der Waals surface area contributed by atoms with Gasteiger partial charge in [0.25, 0.3) is 5.56 Å². The maximum atomic E-state index is 12.7. The van der Waals surface area contributed by atoms with Crippen LogP contribution in [0.2, 0.25) is 0 Å². The topological polar surface area (TPSA) is 81.8 Å². The normalized spacial score (nSPS) is 11.8. The molecule has 0 spiro atoms. The van der Waals surface area contributed by atoms with E-state index >= 15 is 0 Å². The Bertz CT molecular complexity index is 1060. The predicted molar refractivity (Wildman–Crippen MR) is 106 cm³/mol. The summed E-state index contributed by atoms with van der Waals surface area (Å²) in [4.78, 5) is 29.6. The number of fused-ring (bicyclic) bond motifs is 1. The number of hydrogen-bond donors (Lipinski definition) is 1. The van der Waals surface area contributed by atoms with Gasteiger partial charge in [0.1, 0.15) is 18.3 Å². The van der Waals surface area contributed by atoms with E-state index in [-0.39, 0.29) is 23.6 Å². The number of rotatable bonds is 3. The predicted octanol–water partition coefficient (Wildman–Crippen LogP) is 2.91. The Kier molecular flexibility index (Phi) is 4.63. The molecule has 1 N–H and O–H groups in total. The van der Waals surface area contributed by atoms with Gasteiger partial charge in [-0.05, 0) is 52.7 Å².